The number of carbonyl (C=O) groups excluding carboxylic acids is 1. The molecule has 1 atom stereocenters. The Balaban J connectivity index is 1.57. The highest BCUT2D eigenvalue weighted by Gasteiger charge is 2.30. The van der Waals surface area contributed by atoms with E-state index in [1.807, 2.05) is 0 Å². The van der Waals surface area contributed by atoms with Crippen molar-refractivity contribution in [3.63, 3.8) is 0 Å². The fourth-order valence-corrected chi connectivity index (χ4v) is 4.02. The lowest BCUT2D eigenvalue weighted by Gasteiger charge is -2.33. The summed E-state index contributed by atoms with van der Waals surface area (Å²) >= 11 is 1.59. The summed E-state index contributed by atoms with van der Waals surface area (Å²) in [5.74, 6) is 1.25. The number of hydrogen-bond acceptors (Lipinski definition) is 5. The lowest BCUT2D eigenvalue weighted by Crippen LogP contribution is -2.28. The van der Waals surface area contributed by atoms with Crippen LogP contribution in [0.15, 0.2) is 6.33 Å². The first-order valence-electron chi connectivity index (χ1n) is 8.19. The van der Waals surface area contributed by atoms with Crippen LogP contribution in [0.3, 0.4) is 0 Å². The van der Waals surface area contributed by atoms with Crippen molar-refractivity contribution < 1.29 is 4.79 Å². The summed E-state index contributed by atoms with van der Waals surface area (Å²) in [7, 11) is 1.79. The number of hydrogen-bond donors (Lipinski definition) is 2. The van der Waals surface area contributed by atoms with Crippen LogP contribution in [0.4, 0.5) is 9.93 Å². The summed E-state index contributed by atoms with van der Waals surface area (Å²) in [6.07, 6.45) is 4.82. The van der Waals surface area contributed by atoms with Crippen LogP contribution in [0.2, 0.25) is 0 Å². The number of fused-ring (bicyclic) bond motifs is 1. The van der Waals surface area contributed by atoms with Gasteiger partial charge in [0, 0.05) is 11.9 Å². The molecule has 0 aliphatic heterocycles. The molecule has 0 fully saturated rings. The van der Waals surface area contributed by atoms with Gasteiger partial charge < -0.3 is 5.32 Å². The molecular formula is C16H24N6OS. The van der Waals surface area contributed by atoms with Crippen LogP contribution >= 0.6 is 11.3 Å². The number of nitrogens with one attached hydrogen (secondary N) is 2. The van der Waals surface area contributed by atoms with Gasteiger partial charge in [-0.3, -0.25) is 10.00 Å². The fourth-order valence-electron chi connectivity index (χ4n) is 2.93. The third-order valence-corrected chi connectivity index (χ3v) is 5.47. The lowest BCUT2D eigenvalue weighted by atomic mass is 9.73. The summed E-state index contributed by atoms with van der Waals surface area (Å²) in [6.45, 7) is 7.18. The van der Waals surface area contributed by atoms with E-state index in [0.29, 0.717) is 28.8 Å². The van der Waals surface area contributed by atoms with Crippen molar-refractivity contribution in [2.45, 2.75) is 46.6 Å². The molecule has 8 heteroatoms. The quantitative estimate of drug-likeness (QED) is 0.893. The maximum Gasteiger partial charge on any atom is 0.321 e. The summed E-state index contributed by atoms with van der Waals surface area (Å²) in [5, 5.41) is 10.4. The zero-order chi connectivity index (χ0) is 17.3. The first-order valence-corrected chi connectivity index (χ1v) is 9.01. The third-order valence-electron chi connectivity index (χ3n) is 4.44. The molecule has 0 aromatic carbocycles. The molecule has 7 nitrogen and oxygen atoms in total. The van der Waals surface area contributed by atoms with Crippen LogP contribution in [0, 0.1) is 11.3 Å². The highest BCUT2D eigenvalue weighted by molar-refractivity contribution is 7.15. The average Bonchev–Trinajstić information content (AvgIpc) is 3.08. The first-order chi connectivity index (χ1) is 11.3. The minimum atomic E-state index is -0.277. The molecule has 24 heavy (non-hydrogen) atoms. The zero-order valence-electron chi connectivity index (χ0n) is 14.6. The molecule has 0 radical (unpaired) electrons. The second-order valence-electron chi connectivity index (χ2n) is 7.34. The van der Waals surface area contributed by atoms with E-state index in [1.165, 1.54) is 4.88 Å². The monoisotopic (exact) mass is 348 g/mol. The standard InChI is InChI=1S/C16H24N6OS/c1-16(2,3)10-5-6-11-12(7-10)24-15(19-11)20-14(23)17-8-13-18-9-22(4)21-13/h9-10H,5-8H2,1-4H3,(H2,17,19,20,23)/t10-/m1/s1. The molecule has 0 saturated carbocycles. The molecule has 1 aliphatic rings. The topological polar surface area (TPSA) is 84.7 Å². The van der Waals surface area contributed by atoms with Crippen LogP contribution < -0.4 is 10.6 Å². The van der Waals surface area contributed by atoms with Crippen LogP contribution in [0.5, 0.6) is 0 Å². The van der Waals surface area contributed by atoms with Crippen LogP contribution in [-0.2, 0) is 26.4 Å². The second-order valence-corrected chi connectivity index (χ2v) is 8.42. The van der Waals surface area contributed by atoms with Gasteiger partial charge in [-0.15, -0.1) is 11.3 Å². The minimum absolute atomic E-state index is 0.277. The Morgan fingerprint density at radius 1 is 1.46 bits per heavy atom. The molecule has 2 aromatic heterocycles. The second kappa shape index (κ2) is 6.51. The summed E-state index contributed by atoms with van der Waals surface area (Å²) in [6, 6.07) is -0.277. The van der Waals surface area contributed by atoms with Crippen molar-refractivity contribution in [3.8, 4) is 0 Å². The van der Waals surface area contributed by atoms with Crippen molar-refractivity contribution in [2.75, 3.05) is 5.32 Å². The number of aromatic nitrogens is 4. The molecule has 2 aromatic rings. The maximum atomic E-state index is 12.0. The predicted octanol–water partition coefficient (Wildman–Crippen LogP) is 2.74. The number of aryl methyl sites for hydroxylation is 2. The van der Waals surface area contributed by atoms with Crippen molar-refractivity contribution in [2.24, 2.45) is 18.4 Å². The first kappa shape index (κ1) is 16.9. The SMILES string of the molecule is Cn1cnc(CNC(=O)Nc2nc3c(s2)C[C@H](C(C)(C)C)CC3)n1. The summed E-state index contributed by atoms with van der Waals surface area (Å²) in [4.78, 5) is 22.0. The van der Waals surface area contributed by atoms with Crippen LogP contribution in [0.25, 0.3) is 0 Å². The van der Waals surface area contributed by atoms with Gasteiger partial charge in [-0.2, -0.15) is 5.10 Å². The van der Waals surface area contributed by atoms with Crippen molar-refractivity contribution in [1.82, 2.24) is 25.1 Å². The zero-order valence-corrected chi connectivity index (χ0v) is 15.4. The molecule has 1 aliphatic carbocycles. The van der Waals surface area contributed by atoms with E-state index in [-0.39, 0.29) is 6.03 Å². The summed E-state index contributed by atoms with van der Waals surface area (Å²) in [5.41, 5.74) is 1.45. The molecule has 2 heterocycles. The van der Waals surface area contributed by atoms with Gasteiger partial charge in [0.25, 0.3) is 0 Å². The largest absolute Gasteiger partial charge is 0.330 e. The van der Waals surface area contributed by atoms with E-state index < -0.39 is 0 Å². The van der Waals surface area contributed by atoms with Gasteiger partial charge in [-0.25, -0.2) is 14.8 Å². The lowest BCUT2D eigenvalue weighted by molar-refractivity contribution is 0.217. The van der Waals surface area contributed by atoms with E-state index >= 15 is 0 Å². The molecule has 3 rings (SSSR count). The van der Waals surface area contributed by atoms with Crippen molar-refractivity contribution >= 4 is 22.5 Å². The van der Waals surface area contributed by atoms with Gasteiger partial charge >= 0.3 is 6.03 Å². The molecule has 2 amide bonds. The molecular weight excluding hydrogens is 324 g/mol. The Morgan fingerprint density at radius 3 is 2.92 bits per heavy atom. The number of anilines is 1. The number of urea groups is 1. The van der Waals surface area contributed by atoms with E-state index in [9.17, 15) is 4.79 Å². The Labute approximate surface area is 145 Å². The van der Waals surface area contributed by atoms with Gasteiger partial charge in [-0.05, 0) is 30.6 Å². The smallest absolute Gasteiger partial charge is 0.321 e. The molecule has 0 spiro atoms. The van der Waals surface area contributed by atoms with Gasteiger partial charge in [-0.1, -0.05) is 20.8 Å². The fraction of sp³-hybridized carbons (Fsp3) is 0.625. The van der Waals surface area contributed by atoms with Crippen molar-refractivity contribution in [1.29, 1.82) is 0 Å². The number of rotatable bonds is 3. The maximum absolute atomic E-state index is 12.0. The van der Waals surface area contributed by atoms with E-state index in [2.05, 4.69) is 46.5 Å². The normalized spacial score (nSPS) is 17.4. The Morgan fingerprint density at radius 2 is 2.25 bits per heavy atom. The summed E-state index contributed by atoms with van der Waals surface area (Å²) < 4.78 is 1.61. The van der Waals surface area contributed by atoms with E-state index in [1.54, 1.807) is 29.4 Å². The molecule has 0 saturated heterocycles. The molecule has 2 N–H and O–H groups in total. The van der Waals surface area contributed by atoms with E-state index in [0.717, 1.165) is 25.0 Å². The highest BCUT2D eigenvalue weighted by Crippen LogP contribution is 2.39. The Bertz CT molecular complexity index is 729. The number of thiazole rings is 1. The number of amides is 2. The van der Waals surface area contributed by atoms with Gasteiger partial charge in [0.15, 0.2) is 11.0 Å². The predicted molar refractivity (Wildman–Crippen MR) is 93.9 cm³/mol. The third kappa shape index (κ3) is 3.92. The number of carbonyl (C=O) groups is 1. The molecule has 130 valence electrons. The van der Waals surface area contributed by atoms with E-state index in [4.69, 9.17) is 0 Å². The Kier molecular flexibility index (Phi) is 4.58. The highest BCUT2D eigenvalue weighted by atomic mass is 32.1. The van der Waals surface area contributed by atoms with Gasteiger partial charge in [0.1, 0.15) is 6.33 Å². The van der Waals surface area contributed by atoms with Crippen molar-refractivity contribution in [3.05, 3.63) is 22.7 Å². The van der Waals surface area contributed by atoms with Crippen LogP contribution in [-0.4, -0.2) is 25.8 Å². The van der Waals surface area contributed by atoms with Crippen LogP contribution in [0.1, 0.15) is 43.6 Å². The Hall–Kier alpha value is -1.96. The minimum Gasteiger partial charge on any atom is -0.330 e. The molecule has 0 bridgehead atoms. The van der Waals surface area contributed by atoms with Gasteiger partial charge in [0.05, 0.1) is 12.2 Å². The average molecular weight is 348 g/mol. The number of nitrogens with zero attached hydrogens (tertiary/aromatic N) is 4. The molecule has 0 unspecified atom stereocenters. The van der Waals surface area contributed by atoms with Gasteiger partial charge in [0.2, 0.25) is 0 Å².